The standard InChI is InChI=1S/C9H4F2N2O4/c10-9(11)17-8-6(3-12)1-5(4-14)2-7(8)13(15)16/h1-2,4,9H. The molecule has 0 N–H and O–H groups in total. The summed E-state index contributed by atoms with van der Waals surface area (Å²) in [5.74, 6) is -0.849. The Kier molecular flexibility index (Phi) is 3.66. The molecule has 8 heteroatoms. The van der Waals surface area contributed by atoms with Gasteiger partial charge in [0.25, 0.3) is 0 Å². The molecule has 0 fully saturated rings. The Labute approximate surface area is 93.2 Å². The van der Waals surface area contributed by atoms with Gasteiger partial charge in [-0.05, 0) is 6.07 Å². The minimum atomic E-state index is -3.30. The number of carbonyl (C=O) groups excluding carboxylic acids is 1. The van der Waals surface area contributed by atoms with Crippen molar-refractivity contribution in [2.24, 2.45) is 0 Å². The first kappa shape index (κ1) is 12.5. The van der Waals surface area contributed by atoms with E-state index in [0.29, 0.717) is 0 Å². The van der Waals surface area contributed by atoms with Gasteiger partial charge < -0.3 is 4.74 Å². The lowest BCUT2D eigenvalue weighted by molar-refractivity contribution is -0.386. The summed E-state index contributed by atoms with van der Waals surface area (Å²) >= 11 is 0. The van der Waals surface area contributed by atoms with E-state index in [2.05, 4.69) is 4.74 Å². The van der Waals surface area contributed by atoms with Gasteiger partial charge in [-0.1, -0.05) is 0 Å². The van der Waals surface area contributed by atoms with Gasteiger partial charge in [0.2, 0.25) is 5.75 Å². The molecule has 1 rings (SSSR count). The third-order valence-electron chi connectivity index (χ3n) is 1.75. The van der Waals surface area contributed by atoms with E-state index in [1.54, 1.807) is 0 Å². The highest BCUT2D eigenvalue weighted by Gasteiger charge is 2.24. The molecule has 0 saturated carbocycles. The van der Waals surface area contributed by atoms with Crippen LogP contribution in [0.1, 0.15) is 15.9 Å². The first-order valence-electron chi connectivity index (χ1n) is 4.12. The third kappa shape index (κ3) is 2.72. The zero-order valence-corrected chi connectivity index (χ0v) is 8.09. The predicted molar refractivity (Wildman–Crippen MR) is 49.8 cm³/mol. The smallest absolute Gasteiger partial charge is 0.387 e. The van der Waals surface area contributed by atoms with E-state index in [0.717, 1.165) is 12.1 Å². The number of hydrogen-bond donors (Lipinski definition) is 0. The Morgan fingerprint density at radius 1 is 1.53 bits per heavy atom. The molecule has 0 aromatic heterocycles. The SMILES string of the molecule is N#Cc1cc(C=O)cc([N+](=O)[O-])c1OC(F)F. The molecule has 0 spiro atoms. The van der Waals surface area contributed by atoms with Gasteiger partial charge in [0.05, 0.1) is 4.92 Å². The van der Waals surface area contributed by atoms with Crippen LogP contribution in [0.25, 0.3) is 0 Å². The van der Waals surface area contributed by atoms with Crippen LogP contribution in [0.2, 0.25) is 0 Å². The van der Waals surface area contributed by atoms with E-state index < -0.39 is 28.5 Å². The summed E-state index contributed by atoms with van der Waals surface area (Å²) in [6.07, 6.45) is 0.264. The summed E-state index contributed by atoms with van der Waals surface area (Å²) in [5, 5.41) is 19.2. The molecule has 0 saturated heterocycles. The van der Waals surface area contributed by atoms with Crippen LogP contribution in [0.3, 0.4) is 0 Å². The van der Waals surface area contributed by atoms with E-state index in [-0.39, 0.29) is 11.8 Å². The Morgan fingerprint density at radius 3 is 2.59 bits per heavy atom. The van der Waals surface area contributed by atoms with Crippen LogP contribution in [-0.2, 0) is 0 Å². The highest BCUT2D eigenvalue weighted by molar-refractivity contribution is 5.79. The number of nitrogens with zero attached hydrogens (tertiary/aromatic N) is 2. The summed E-state index contributed by atoms with van der Waals surface area (Å²) in [6, 6.07) is 3.13. The second kappa shape index (κ2) is 4.98. The van der Waals surface area contributed by atoms with Crippen LogP contribution in [0.15, 0.2) is 12.1 Å². The maximum absolute atomic E-state index is 12.0. The van der Waals surface area contributed by atoms with Gasteiger partial charge in [0.1, 0.15) is 17.9 Å². The third-order valence-corrected chi connectivity index (χ3v) is 1.75. The molecular formula is C9H4F2N2O4. The molecule has 0 aliphatic heterocycles. The lowest BCUT2D eigenvalue weighted by atomic mass is 10.1. The van der Waals surface area contributed by atoms with Crippen LogP contribution in [-0.4, -0.2) is 17.8 Å². The summed E-state index contributed by atoms with van der Waals surface area (Å²) in [5.41, 5.74) is -1.53. The number of ether oxygens (including phenoxy) is 1. The maximum Gasteiger partial charge on any atom is 0.387 e. The monoisotopic (exact) mass is 242 g/mol. The largest absolute Gasteiger partial charge is 0.426 e. The fraction of sp³-hybridized carbons (Fsp3) is 0.111. The Morgan fingerprint density at radius 2 is 2.18 bits per heavy atom. The number of hydrogen-bond acceptors (Lipinski definition) is 5. The molecule has 0 amide bonds. The predicted octanol–water partition coefficient (Wildman–Crippen LogP) is 1.88. The molecule has 0 heterocycles. The van der Waals surface area contributed by atoms with E-state index in [1.165, 1.54) is 6.07 Å². The van der Waals surface area contributed by atoms with Gasteiger partial charge >= 0.3 is 12.3 Å². The van der Waals surface area contributed by atoms with Crippen molar-refractivity contribution < 1.29 is 23.2 Å². The van der Waals surface area contributed by atoms with Crippen LogP contribution < -0.4 is 4.74 Å². The zero-order valence-electron chi connectivity index (χ0n) is 8.09. The molecule has 0 aliphatic carbocycles. The summed E-state index contributed by atoms with van der Waals surface area (Å²) in [6.45, 7) is -3.30. The molecule has 0 bridgehead atoms. The van der Waals surface area contributed by atoms with Crippen molar-refractivity contribution in [1.82, 2.24) is 0 Å². The van der Waals surface area contributed by atoms with Crippen molar-refractivity contribution in [2.45, 2.75) is 6.61 Å². The topological polar surface area (TPSA) is 93.2 Å². The molecule has 88 valence electrons. The summed E-state index contributed by atoms with van der Waals surface area (Å²) in [4.78, 5) is 20.0. The van der Waals surface area contributed by atoms with Gasteiger partial charge in [0, 0.05) is 11.6 Å². The van der Waals surface area contributed by atoms with Gasteiger partial charge in [-0.2, -0.15) is 14.0 Å². The molecule has 0 atom stereocenters. The van der Waals surface area contributed by atoms with Crippen molar-refractivity contribution in [3.63, 3.8) is 0 Å². The van der Waals surface area contributed by atoms with Gasteiger partial charge in [-0.25, -0.2) is 0 Å². The van der Waals surface area contributed by atoms with Crippen molar-refractivity contribution in [3.05, 3.63) is 33.4 Å². The number of aldehydes is 1. The van der Waals surface area contributed by atoms with Crippen molar-refractivity contribution in [3.8, 4) is 11.8 Å². The first-order chi connectivity index (χ1) is 7.99. The van der Waals surface area contributed by atoms with Gasteiger partial charge in [-0.3, -0.25) is 14.9 Å². The number of nitriles is 1. The summed E-state index contributed by atoms with van der Waals surface area (Å²) in [7, 11) is 0. The van der Waals surface area contributed by atoms with E-state index in [1.807, 2.05) is 0 Å². The number of nitro groups is 1. The molecule has 6 nitrogen and oxygen atoms in total. The quantitative estimate of drug-likeness (QED) is 0.456. The van der Waals surface area contributed by atoms with Crippen molar-refractivity contribution in [2.75, 3.05) is 0 Å². The molecule has 0 radical (unpaired) electrons. The molecular weight excluding hydrogens is 238 g/mol. The molecule has 0 aliphatic rings. The van der Waals surface area contributed by atoms with Gasteiger partial charge in [0.15, 0.2) is 0 Å². The van der Waals surface area contributed by atoms with Crippen LogP contribution in [0.5, 0.6) is 5.75 Å². The van der Waals surface area contributed by atoms with E-state index >= 15 is 0 Å². The van der Waals surface area contributed by atoms with Crippen LogP contribution >= 0.6 is 0 Å². The highest BCUT2D eigenvalue weighted by Crippen LogP contribution is 2.33. The van der Waals surface area contributed by atoms with E-state index in [9.17, 15) is 23.7 Å². The Bertz CT molecular complexity index is 510. The number of rotatable bonds is 4. The fourth-order valence-corrected chi connectivity index (χ4v) is 1.13. The first-order valence-corrected chi connectivity index (χ1v) is 4.12. The molecule has 1 aromatic rings. The second-order valence-electron chi connectivity index (χ2n) is 2.78. The molecule has 17 heavy (non-hydrogen) atoms. The maximum atomic E-state index is 12.0. The van der Waals surface area contributed by atoms with Crippen molar-refractivity contribution >= 4 is 12.0 Å². The molecule has 0 unspecified atom stereocenters. The van der Waals surface area contributed by atoms with Crippen LogP contribution in [0, 0.1) is 21.4 Å². The summed E-state index contributed by atoms with van der Waals surface area (Å²) < 4.78 is 28.0. The lowest BCUT2D eigenvalue weighted by Gasteiger charge is -2.07. The zero-order chi connectivity index (χ0) is 13.0. The minimum Gasteiger partial charge on any atom is -0.426 e. The second-order valence-corrected chi connectivity index (χ2v) is 2.78. The Hall–Kier alpha value is -2.56. The van der Waals surface area contributed by atoms with Gasteiger partial charge in [-0.15, -0.1) is 0 Å². The number of benzene rings is 1. The highest BCUT2D eigenvalue weighted by atomic mass is 19.3. The van der Waals surface area contributed by atoms with Crippen molar-refractivity contribution in [1.29, 1.82) is 5.26 Å². The number of carbonyl (C=O) groups is 1. The normalized spacial score (nSPS) is 9.76. The molecule has 1 aromatic carbocycles. The number of halogens is 2. The lowest BCUT2D eigenvalue weighted by Crippen LogP contribution is -2.07. The Balaban J connectivity index is 3.47. The van der Waals surface area contributed by atoms with Crippen LogP contribution in [0.4, 0.5) is 14.5 Å². The fourth-order valence-electron chi connectivity index (χ4n) is 1.13. The van der Waals surface area contributed by atoms with E-state index in [4.69, 9.17) is 5.26 Å². The number of alkyl halides is 2. The minimum absolute atomic E-state index is 0.171. The average Bonchev–Trinajstić information content (AvgIpc) is 2.28. The number of nitro benzene ring substituents is 1. The average molecular weight is 242 g/mol.